The lowest BCUT2D eigenvalue weighted by molar-refractivity contribution is -0.384. The third-order valence-electron chi connectivity index (χ3n) is 4.93. The third-order valence-corrected chi connectivity index (χ3v) is 6.04. The molecule has 0 unspecified atom stereocenters. The fourth-order valence-electron chi connectivity index (χ4n) is 3.45. The fourth-order valence-corrected chi connectivity index (χ4v) is 4.10. The summed E-state index contributed by atoms with van der Waals surface area (Å²) in [5.74, 6) is 0. The van der Waals surface area contributed by atoms with Gasteiger partial charge in [0.1, 0.15) is 5.69 Å². The second-order valence-corrected chi connectivity index (χ2v) is 8.86. The largest absolute Gasteiger partial charge is 0.378 e. The molecule has 1 heterocycles. The minimum absolute atomic E-state index is 0.0571. The van der Waals surface area contributed by atoms with E-state index in [1.165, 1.54) is 23.4 Å². The molecule has 144 valence electrons. The number of sulfone groups is 1. The highest BCUT2D eigenvalue weighted by Crippen LogP contribution is 2.31. The summed E-state index contributed by atoms with van der Waals surface area (Å²) in [6.45, 7) is 3.39. The van der Waals surface area contributed by atoms with Crippen LogP contribution in [-0.4, -0.2) is 38.7 Å². The van der Waals surface area contributed by atoms with Crippen molar-refractivity contribution in [3.05, 3.63) is 58.1 Å². The molecule has 0 spiro atoms. The minimum atomic E-state index is -3.49. The molecule has 7 nitrogen and oxygen atoms in total. The Morgan fingerprint density at radius 2 is 2.00 bits per heavy atom. The van der Waals surface area contributed by atoms with Crippen LogP contribution < -0.4 is 10.2 Å². The van der Waals surface area contributed by atoms with Crippen molar-refractivity contribution >= 4 is 26.9 Å². The van der Waals surface area contributed by atoms with E-state index in [0.29, 0.717) is 24.8 Å². The smallest absolute Gasteiger partial charge is 0.293 e. The first-order chi connectivity index (χ1) is 12.8. The molecule has 1 aliphatic rings. The number of para-hydroxylation sites is 1. The number of nitro benzene ring substituents is 1. The number of anilines is 2. The van der Waals surface area contributed by atoms with Gasteiger partial charge in [0, 0.05) is 37.1 Å². The first-order valence-electron chi connectivity index (χ1n) is 8.84. The normalized spacial score (nSPS) is 16.7. The lowest BCUT2D eigenvalue weighted by Gasteiger charge is -2.37. The molecule has 0 saturated heterocycles. The molecule has 1 N–H and O–H groups in total. The highest BCUT2D eigenvalue weighted by molar-refractivity contribution is 7.90. The predicted octanol–water partition coefficient (Wildman–Crippen LogP) is 3.25. The predicted molar refractivity (Wildman–Crippen MR) is 106 cm³/mol. The van der Waals surface area contributed by atoms with Crippen LogP contribution in [0.15, 0.2) is 47.4 Å². The van der Waals surface area contributed by atoms with E-state index in [-0.39, 0.29) is 10.6 Å². The zero-order chi connectivity index (χ0) is 19.6. The highest BCUT2D eigenvalue weighted by atomic mass is 32.2. The van der Waals surface area contributed by atoms with Gasteiger partial charge in [-0.1, -0.05) is 18.2 Å². The quantitative estimate of drug-likeness (QED) is 0.602. The molecule has 0 aliphatic carbocycles. The van der Waals surface area contributed by atoms with E-state index in [1.54, 1.807) is 0 Å². The summed E-state index contributed by atoms with van der Waals surface area (Å²) in [6, 6.07) is 12.7. The van der Waals surface area contributed by atoms with Crippen molar-refractivity contribution in [1.82, 2.24) is 0 Å². The molecule has 8 heteroatoms. The van der Waals surface area contributed by atoms with Crippen LogP contribution in [-0.2, 0) is 16.3 Å². The van der Waals surface area contributed by atoms with Crippen molar-refractivity contribution in [2.75, 3.05) is 29.6 Å². The van der Waals surface area contributed by atoms with Crippen LogP contribution in [0, 0.1) is 10.1 Å². The van der Waals surface area contributed by atoms with Crippen LogP contribution in [0.4, 0.5) is 17.1 Å². The maximum atomic E-state index is 11.6. The average Bonchev–Trinajstić information content (AvgIpc) is 2.62. The van der Waals surface area contributed by atoms with Gasteiger partial charge in [0.2, 0.25) is 0 Å². The number of aryl methyl sites for hydroxylation is 1. The second-order valence-electron chi connectivity index (χ2n) is 6.84. The van der Waals surface area contributed by atoms with Crippen LogP contribution in [0.5, 0.6) is 0 Å². The SMILES string of the molecule is C[C@H]1CCc2ccccc2N1CCNc1ccc(S(C)(=O)=O)cc1[N+](=O)[O-]. The second kappa shape index (κ2) is 7.56. The molecule has 27 heavy (non-hydrogen) atoms. The summed E-state index contributed by atoms with van der Waals surface area (Å²) in [5.41, 5.74) is 2.62. The van der Waals surface area contributed by atoms with Crippen LogP contribution in [0.3, 0.4) is 0 Å². The van der Waals surface area contributed by atoms with E-state index in [0.717, 1.165) is 25.2 Å². The molecule has 0 aromatic heterocycles. The topological polar surface area (TPSA) is 92.6 Å². The van der Waals surface area contributed by atoms with Gasteiger partial charge in [-0.3, -0.25) is 10.1 Å². The third kappa shape index (κ3) is 4.21. The Labute approximate surface area is 159 Å². The molecule has 2 aromatic carbocycles. The number of benzene rings is 2. The van der Waals surface area contributed by atoms with Crippen molar-refractivity contribution in [3.8, 4) is 0 Å². The van der Waals surface area contributed by atoms with E-state index in [9.17, 15) is 18.5 Å². The number of nitrogens with zero attached hydrogens (tertiary/aromatic N) is 2. The summed E-state index contributed by atoms with van der Waals surface area (Å²) >= 11 is 0. The highest BCUT2D eigenvalue weighted by Gasteiger charge is 2.23. The fraction of sp³-hybridized carbons (Fsp3) is 0.368. The zero-order valence-corrected chi connectivity index (χ0v) is 16.2. The van der Waals surface area contributed by atoms with E-state index in [1.807, 2.05) is 12.1 Å². The molecule has 0 saturated carbocycles. The first-order valence-corrected chi connectivity index (χ1v) is 10.7. The molecule has 0 fully saturated rings. The van der Waals surface area contributed by atoms with E-state index >= 15 is 0 Å². The Morgan fingerprint density at radius 3 is 2.70 bits per heavy atom. The standard InChI is InChI=1S/C19H23N3O4S/c1-14-7-8-15-5-3-4-6-18(15)21(14)12-11-20-17-10-9-16(27(2,25)26)13-19(17)22(23)24/h3-6,9-10,13-14,20H,7-8,11-12H2,1-2H3/t14-/m0/s1. The number of rotatable bonds is 6. The lowest BCUT2D eigenvalue weighted by atomic mass is 9.97. The van der Waals surface area contributed by atoms with Crippen LogP contribution >= 0.6 is 0 Å². The summed E-state index contributed by atoms with van der Waals surface area (Å²) in [5, 5.41) is 14.4. The number of nitro groups is 1. The van der Waals surface area contributed by atoms with E-state index in [2.05, 4.69) is 29.3 Å². The van der Waals surface area contributed by atoms with Gasteiger partial charge in [0.05, 0.1) is 9.82 Å². The number of hydrogen-bond acceptors (Lipinski definition) is 6. The van der Waals surface area contributed by atoms with Crippen molar-refractivity contribution < 1.29 is 13.3 Å². The Bertz CT molecular complexity index is 959. The molecule has 2 aromatic rings. The molecule has 0 radical (unpaired) electrons. The maximum Gasteiger partial charge on any atom is 0.293 e. The zero-order valence-electron chi connectivity index (χ0n) is 15.4. The van der Waals surface area contributed by atoms with Gasteiger partial charge >= 0.3 is 0 Å². The van der Waals surface area contributed by atoms with Crippen LogP contribution in [0.2, 0.25) is 0 Å². The van der Waals surface area contributed by atoms with Crippen molar-refractivity contribution in [2.45, 2.75) is 30.7 Å². The number of fused-ring (bicyclic) bond motifs is 1. The molecule has 1 aliphatic heterocycles. The van der Waals surface area contributed by atoms with Gasteiger partial charge in [-0.15, -0.1) is 0 Å². The molecule has 0 amide bonds. The van der Waals surface area contributed by atoms with Crippen molar-refractivity contribution in [2.24, 2.45) is 0 Å². The van der Waals surface area contributed by atoms with Gasteiger partial charge in [-0.2, -0.15) is 0 Å². The van der Waals surface area contributed by atoms with Gasteiger partial charge in [-0.25, -0.2) is 8.42 Å². The van der Waals surface area contributed by atoms with Gasteiger partial charge < -0.3 is 10.2 Å². The van der Waals surface area contributed by atoms with Crippen molar-refractivity contribution in [3.63, 3.8) is 0 Å². The van der Waals surface area contributed by atoms with E-state index < -0.39 is 14.8 Å². The summed E-state index contributed by atoms with van der Waals surface area (Å²) in [7, 11) is -3.49. The van der Waals surface area contributed by atoms with E-state index in [4.69, 9.17) is 0 Å². The number of nitrogens with one attached hydrogen (secondary N) is 1. The Morgan fingerprint density at radius 1 is 1.26 bits per heavy atom. The van der Waals surface area contributed by atoms with Gasteiger partial charge in [0.15, 0.2) is 9.84 Å². The molecule has 3 rings (SSSR count). The van der Waals surface area contributed by atoms with Crippen LogP contribution in [0.1, 0.15) is 18.9 Å². The maximum absolute atomic E-state index is 11.6. The molecular weight excluding hydrogens is 366 g/mol. The Kier molecular flexibility index (Phi) is 5.36. The van der Waals surface area contributed by atoms with Crippen LogP contribution in [0.25, 0.3) is 0 Å². The number of hydrogen-bond donors (Lipinski definition) is 1. The summed E-state index contributed by atoms with van der Waals surface area (Å²) in [4.78, 5) is 13.0. The Hall–Kier alpha value is -2.61. The lowest BCUT2D eigenvalue weighted by Crippen LogP contribution is -2.40. The van der Waals surface area contributed by atoms with Crippen molar-refractivity contribution in [1.29, 1.82) is 0 Å². The minimum Gasteiger partial charge on any atom is -0.378 e. The Balaban J connectivity index is 1.75. The summed E-state index contributed by atoms with van der Waals surface area (Å²) < 4.78 is 23.3. The van der Waals surface area contributed by atoms with Gasteiger partial charge in [0.25, 0.3) is 5.69 Å². The van der Waals surface area contributed by atoms with Gasteiger partial charge in [-0.05, 0) is 43.5 Å². The monoisotopic (exact) mass is 389 g/mol. The summed E-state index contributed by atoms with van der Waals surface area (Å²) in [6.07, 6.45) is 3.16. The average molecular weight is 389 g/mol. The molecular formula is C19H23N3O4S. The molecule has 0 bridgehead atoms. The molecule has 1 atom stereocenters. The first kappa shape index (κ1) is 19.2.